The number of hydrogen-bond donors (Lipinski definition) is 5. The lowest BCUT2D eigenvalue weighted by molar-refractivity contribution is 0.100. The van der Waals surface area contributed by atoms with E-state index in [2.05, 4.69) is 20.9 Å². The zero-order valence-electron chi connectivity index (χ0n) is 15.4. The Labute approximate surface area is 171 Å². The number of nitrogens with zero attached hydrogens (tertiary/aromatic N) is 1. The lowest BCUT2D eigenvalue weighted by Crippen LogP contribution is -2.48. The topological polar surface area (TPSA) is 129 Å². The predicted molar refractivity (Wildman–Crippen MR) is 108 cm³/mol. The summed E-state index contributed by atoms with van der Waals surface area (Å²) in [6.45, 7) is 0. The number of benzene rings is 1. The third-order valence-electron chi connectivity index (χ3n) is 4.73. The quantitative estimate of drug-likeness (QED) is 0.483. The van der Waals surface area contributed by atoms with Crippen LogP contribution in [-0.4, -0.2) is 34.2 Å². The summed E-state index contributed by atoms with van der Waals surface area (Å²) in [4.78, 5) is 27.0. The van der Waals surface area contributed by atoms with Crippen LogP contribution in [0.4, 0.5) is 26.5 Å². The fourth-order valence-electron chi connectivity index (χ4n) is 3.39. The number of aromatic nitrogens is 1. The normalized spacial score (nSPS) is 18.7. The van der Waals surface area contributed by atoms with E-state index in [1.807, 2.05) is 0 Å². The van der Waals surface area contributed by atoms with Crippen molar-refractivity contribution in [3.8, 4) is 0 Å². The number of rotatable bonds is 6. The molecule has 1 aliphatic carbocycles. The van der Waals surface area contributed by atoms with Crippen LogP contribution in [0, 0.1) is 5.82 Å². The number of halogens is 2. The van der Waals surface area contributed by atoms with Crippen molar-refractivity contribution in [3.05, 3.63) is 46.7 Å². The molecule has 0 radical (unpaired) electrons. The first-order chi connectivity index (χ1) is 13.8. The number of anilines is 3. The summed E-state index contributed by atoms with van der Waals surface area (Å²) in [5.74, 6) is -1.61. The molecule has 0 saturated heterocycles. The van der Waals surface area contributed by atoms with E-state index in [0.29, 0.717) is 23.6 Å². The lowest BCUT2D eigenvalue weighted by atomic mass is 9.90. The summed E-state index contributed by atoms with van der Waals surface area (Å²) < 4.78 is 14.6. The Hall–Kier alpha value is -3.07. The van der Waals surface area contributed by atoms with Crippen LogP contribution in [0.2, 0.25) is 5.02 Å². The number of carbonyl (C=O) groups is 2. The molecule has 6 N–H and O–H groups in total. The average Bonchev–Trinajstić information content (AvgIpc) is 2.65. The third-order valence-corrected chi connectivity index (χ3v) is 4.96. The SMILES string of the molecule is NC(=O)c1cc(F)c(N[C@@H]2CCCC[C@@H]2NC(=O)O)nc1Nc1cccc(Cl)c1. The van der Waals surface area contributed by atoms with Crippen LogP contribution in [-0.2, 0) is 0 Å². The molecule has 1 heterocycles. The van der Waals surface area contributed by atoms with E-state index in [1.165, 1.54) is 0 Å². The van der Waals surface area contributed by atoms with E-state index in [1.54, 1.807) is 24.3 Å². The number of pyridine rings is 1. The van der Waals surface area contributed by atoms with Gasteiger partial charge in [-0.15, -0.1) is 0 Å². The molecule has 2 amide bonds. The number of hydrogen-bond acceptors (Lipinski definition) is 5. The van der Waals surface area contributed by atoms with Crippen molar-refractivity contribution in [1.82, 2.24) is 10.3 Å². The van der Waals surface area contributed by atoms with Crippen LogP contribution < -0.4 is 21.7 Å². The molecule has 0 unspecified atom stereocenters. The largest absolute Gasteiger partial charge is 0.465 e. The first-order valence-corrected chi connectivity index (χ1v) is 9.50. The van der Waals surface area contributed by atoms with Crippen LogP contribution in [0.3, 0.4) is 0 Å². The summed E-state index contributed by atoms with van der Waals surface area (Å²) in [6.07, 6.45) is 1.91. The Morgan fingerprint density at radius 3 is 2.55 bits per heavy atom. The minimum atomic E-state index is -1.13. The van der Waals surface area contributed by atoms with Gasteiger partial charge in [-0.3, -0.25) is 4.79 Å². The highest BCUT2D eigenvalue weighted by molar-refractivity contribution is 6.30. The van der Waals surface area contributed by atoms with Gasteiger partial charge in [-0.2, -0.15) is 0 Å². The molecule has 1 saturated carbocycles. The molecule has 8 nitrogen and oxygen atoms in total. The molecule has 0 aliphatic heterocycles. The molecule has 1 aromatic heterocycles. The fraction of sp³-hybridized carbons (Fsp3) is 0.316. The summed E-state index contributed by atoms with van der Waals surface area (Å²) in [5, 5.41) is 17.9. The van der Waals surface area contributed by atoms with Gasteiger partial charge in [-0.25, -0.2) is 14.2 Å². The van der Waals surface area contributed by atoms with Gasteiger partial charge in [0.25, 0.3) is 5.91 Å². The molecule has 0 spiro atoms. The standard InChI is InChI=1S/C19H21ClFN5O3/c20-10-4-3-5-11(8-10)23-17-12(16(22)27)9-13(21)18(26-17)24-14-6-1-2-7-15(14)25-19(28)29/h3-5,8-9,14-15,25H,1-2,6-7H2,(H2,22,27)(H,28,29)(H2,23,24,26)/t14-,15+/m1/s1. The number of carboxylic acid groups (broad SMARTS) is 1. The summed E-state index contributed by atoms with van der Waals surface area (Å²) in [7, 11) is 0. The Bertz CT molecular complexity index is 927. The van der Waals surface area contributed by atoms with Crippen LogP contribution in [0.5, 0.6) is 0 Å². The molecular formula is C19H21ClFN5O3. The van der Waals surface area contributed by atoms with Crippen LogP contribution in [0.25, 0.3) is 0 Å². The molecule has 154 valence electrons. The maximum atomic E-state index is 14.6. The second-order valence-electron chi connectivity index (χ2n) is 6.81. The molecule has 10 heteroatoms. The zero-order valence-corrected chi connectivity index (χ0v) is 16.2. The van der Waals surface area contributed by atoms with Gasteiger partial charge in [0.1, 0.15) is 5.82 Å². The zero-order chi connectivity index (χ0) is 21.0. The van der Waals surface area contributed by atoms with Gasteiger partial charge in [0.2, 0.25) is 0 Å². The van der Waals surface area contributed by atoms with E-state index < -0.39 is 17.8 Å². The summed E-state index contributed by atoms with van der Waals surface area (Å²) >= 11 is 5.98. The van der Waals surface area contributed by atoms with Crippen molar-refractivity contribution in [2.45, 2.75) is 37.8 Å². The van der Waals surface area contributed by atoms with Crippen LogP contribution >= 0.6 is 11.6 Å². The molecular weight excluding hydrogens is 401 g/mol. The number of primary amides is 1. The van der Waals surface area contributed by atoms with Crippen molar-refractivity contribution >= 4 is 40.9 Å². The van der Waals surface area contributed by atoms with E-state index in [4.69, 9.17) is 22.4 Å². The highest BCUT2D eigenvalue weighted by Crippen LogP contribution is 2.28. The van der Waals surface area contributed by atoms with Crippen molar-refractivity contribution in [3.63, 3.8) is 0 Å². The Kier molecular flexibility index (Phi) is 6.38. The Morgan fingerprint density at radius 1 is 1.17 bits per heavy atom. The fourth-order valence-corrected chi connectivity index (χ4v) is 3.58. The molecule has 1 aromatic carbocycles. The maximum Gasteiger partial charge on any atom is 0.404 e. The number of nitrogens with two attached hydrogens (primary N) is 1. The molecule has 1 fully saturated rings. The summed E-state index contributed by atoms with van der Waals surface area (Å²) in [6, 6.07) is 7.03. The third kappa shape index (κ3) is 5.26. The maximum absolute atomic E-state index is 14.6. The van der Waals surface area contributed by atoms with E-state index >= 15 is 0 Å². The molecule has 2 aromatic rings. The predicted octanol–water partition coefficient (Wildman–Crippen LogP) is 3.71. The molecule has 29 heavy (non-hydrogen) atoms. The second-order valence-corrected chi connectivity index (χ2v) is 7.24. The summed E-state index contributed by atoms with van der Waals surface area (Å²) in [5.41, 5.74) is 5.81. The van der Waals surface area contributed by atoms with Gasteiger partial charge in [-0.1, -0.05) is 30.5 Å². The van der Waals surface area contributed by atoms with Gasteiger partial charge < -0.3 is 26.8 Å². The Balaban J connectivity index is 1.90. The molecule has 3 rings (SSSR count). The number of nitrogens with one attached hydrogen (secondary N) is 3. The van der Waals surface area contributed by atoms with E-state index in [9.17, 15) is 14.0 Å². The van der Waals surface area contributed by atoms with Gasteiger partial charge in [0, 0.05) is 16.8 Å². The van der Waals surface area contributed by atoms with Crippen LogP contribution in [0.1, 0.15) is 36.0 Å². The smallest absolute Gasteiger partial charge is 0.404 e. The molecule has 1 aliphatic rings. The molecule has 2 atom stereocenters. The van der Waals surface area contributed by atoms with E-state index in [-0.39, 0.29) is 29.3 Å². The van der Waals surface area contributed by atoms with Crippen molar-refractivity contribution in [2.24, 2.45) is 5.73 Å². The van der Waals surface area contributed by atoms with Gasteiger partial charge in [-0.05, 0) is 37.1 Å². The molecule has 0 bridgehead atoms. The van der Waals surface area contributed by atoms with Crippen LogP contribution in [0.15, 0.2) is 30.3 Å². The van der Waals surface area contributed by atoms with Crippen molar-refractivity contribution in [2.75, 3.05) is 10.6 Å². The van der Waals surface area contributed by atoms with Gasteiger partial charge >= 0.3 is 6.09 Å². The highest BCUT2D eigenvalue weighted by Gasteiger charge is 2.28. The minimum absolute atomic E-state index is 0.0715. The highest BCUT2D eigenvalue weighted by atomic mass is 35.5. The lowest BCUT2D eigenvalue weighted by Gasteiger charge is -2.32. The van der Waals surface area contributed by atoms with Crippen molar-refractivity contribution in [1.29, 1.82) is 0 Å². The second kappa shape index (κ2) is 8.95. The Morgan fingerprint density at radius 2 is 1.90 bits per heavy atom. The van der Waals surface area contributed by atoms with E-state index in [0.717, 1.165) is 18.9 Å². The monoisotopic (exact) mass is 421 g/mol. The first-order valence-electron chi connectivity index (χ1n) is 9.12. The average molecular weight is 422 g/mol. The first kappa shape index (κ1) is 20.7. The van der Waals surface area contributed by atoms with Crippen molar-refractivity contribution < 1.29 is 19.1 Å². The van der Waals surface area contributed by atoms with Gasteiger partial charge in [0.15, 0.2) is 11.6 Å². The minimum Gasteiger partial charge on any atom is -0.465 e. The number of carbonyl (C=O) groups excluding carboxylic acids is 1. The van der Waals surface area contributed by atoms with Gasteiger partial charge in [0.05, 0.1) is 11.6 Å². The number of amides is 2.